The second kappa shape index (κ2) is 8.14. The van der Waals surface area contributed by atoms with E-state index in [9.17, 15) is 9.59 Å². The Morgan fingerprint density at radius 2 is 1.65 bits per heavy atom. The second-order valence-electron chi connectivity index (χ2n) is 6.45. The van der Waals surface area contributed by atoms with Crippen molar-refractivity contribution in [2.75, 3.05) is 0 Å². The fourth-order valence-corrected chi connectivity index (χ4v) is 3.01. The van der Waals surface area contributed by atoms with Crippen LogP contribution in [0.3, 0.4) is 0 Å². The van der Waals surface area contributed by atoms with Gasteiger partial charge in [0.25, 0.3) is 0 Å². The first-order valence-corrected chi connectivity index (χ1v) is 8.78. The number of hydrogen-bond acceptors (Lipinski definition) is 2. The molecule has 23 heavy (non-hydrogen) atoms. The molecule has 1 aliphatic carbocycles. The van der Waals surface area contributed by atoms with E-state index in [1.165, 1.54) is 24.0 Å². The van der Waals surface area contributed by atoms with Gasteiger partial charge in [-0.25, -0.2) is 0 Å². The summed E-state index contributed by atoms with van der Waals surface area (Å²) in [6.07, 6.45) is 6.33. The van der Waals surface area contributed by atoms with Crippen molar-refractivity contribution in [3.05, 3.63) is 34.9 Å². The number of benzene rings is 1. The highest BCUT2D eigenvalue weighted by molar-refractivity contribution is 6.35. The third-order valence-corrected chi connectivity index (χ3v) is 4.68. The number of rotatable bonds is 5. The van der Waals surface area contributed by atoms with Crippen LogP contribution in [0.4, 0.5) is 0 Å². The number of aryl methyl sites for hydroxylation is 2. The Morgan fingerprint density at radius 3 is 2.30 bits per heavy atom. The van der Waals surface area contributed by atoms with Crippen molar-refractivity contribution in [2.24, 2.45) is 0 Å². The van der Waals surface area contributed by atoms with Crippen LogP contribution < -0.4 is 10.6 Å². The molecule has 126 valence electrons. The maximum atomic E-state index is 12.1. The Hall–Kier alpha value is -1.84. The molecule has 2 unspecified atom stereocenters. The van der Waals surface area contributed by atoms with Crippen LogP contribution in [-0.4, -0.2) is 17.9 Å². The average molecular weight is 316 g/mol. The lowest BCUT2D eigenvalue weighted by Gasteiger charge is -2.22. The van der Waals surface area contributed by atoms with E-state index >= 15 is 0 Å². The molecule has 0 saturated heterocycles. The maximum Gasteiger partial charge on any atom is 0.309 e. The minimum atomic E-state index is -0.546. The van der Waals surface area contributed by atoms with Gasteiger partial charge in [0.15, 0.2) is 0 Å². The Morgan fingerprint density at radius 1 is 1.00 bits per heavy atom. The van der Waals surface area contributed by atoms with Gasteiger partial charge in [-0.3, -0.25) is 9.59 Å². The predicted octanol–water partition coefficient (Wildman–Crippen LogP) is 3.05. The smallest absolute Gasteiger partial charge is 0.309 e. The van der Waals surface area contributed by atoms with E-state index < -0.39 is 11.8 Å². The monoisotopic (exact) mass is 316 g/mol. The molecule has 4 heteroatoms. The molecule has 0 radical (unpaired) electrons. The van der Waals surface area contributed by atoms with Gasteiger partial charge >= 0.3 is 11.8 Å². The van der Waals surface area contributed by atoms with E-state index in [2.05, 4.69) is 28.8 Å². The first-order chi connectivity index (χ1) is 11.0. The van der Waals surface area contributed by atoms with Gasteiger partial charge in [-0.2, -0.15) is 0 Å². The van der Waals surface area contributed by atoms with E-state index in [1.54, 1.807) is 0 Å². The summed E-state index contributed by atoms with van der Waals surface area (Å²) in [5.41, 5.74) is 3.92. The summed E-state index contributed by atoms with van der Waals surface area (Å²) in [6.45, 7) is 5.90. The fourth-order valence-electron chi connectivity index (χ4n) is 3.01. The third kappa shape index (κ3) is 4.57. The van der Waals surface area contributed by atoms with E-state index in [1.807, 2.05) is 20.8 Å². The zero-order valence-electron chi connectivity index (χ0n) is 14.4. The predicted molar refractivity (Wildman–Crippen MR) is 92.2 cm³/mol. The number of carbonyl (C=O) groups is 2. The van der Waals surface area contributed by atoms with E-state index in [4.69, 9.17) is 0 Å². The number of amides is 2. The highest BCUT2D eigenvalue weighted by atomic mass is 16.2. The molecule has 0 fully saturated rings. The maximum absolute atomic E-state index is 12.1. The summed E-state index contributed by atoms with van der Waals surface area (Å²) < 4.78 is 0. The van der Waals surface area contributed by atoms with Crippen molar-refractivity contribution in [3.63, 3.8) is 0 Å². The lowest BCUT2D eigenvalue weighted by atomic mass is 9.89. The molecule has 1 aliphatic rings. The van der Waals surface area contributed by atoms with Crippen molar-refractivity contribution in [1.82, 2.24) is 10.6 Å². The molecule has 0 aliphatic heterocycles. The summed E-state index contributed by atoms with van der Waals surface area (Å²) in [7, 11) is 0. The zero-order valence-corrected chi connectivity index (χ0v) is 14.4. The highest BCUT2D eigenvalue weighted by Crippen LogP contribution is 2.26. The van der Waals surface area contributed by atoms with Gasteiger partial charge < -0.3 is 10.6 Å². The molecule has 2 atom stereocenters. The minimum absolute atomic E-state index is 0.0112. The van der Waals surface area contributed by atoms with E-state index in [0.717, 1.165) is 31.2 Å². The average Bonchev–Trinajstić information content (AvgIpc) is 2.58. The van der Waals surface area contributed by atoms with Crippen molar-refractivity contribution in [3.8, 4) is 0 Å². The first kappa shape index (κ1) is 17.5. The van der Waals surface area contributed by atoms with Gasteiger partial charge in [0.2, 0.25) is 0 Å². The van der Waals surface area contributed by atoms with Crippen molar-refractivity contribution in [2.45, 2.75) is 71.4 Å². The molecular weight excluding hydrogens is 288 g/mol. The van der Waals surface area contributed by atoms with Gasteiger partial charge in [-0.15, -0.1) is 0 Å². The van der Waals surface area contributed by atoms with E-state index in [0.29, 0.717) is 0 Å². The minimum Gasteiger partial charge on any atom is -0.345 e. The van der Waals surface area contributed by atoms with Crippen LogP contribution in [0, 0.1) is 0 Å². The van der Waals surface area contributed by atoms with Crippen molar-refractivity contribution < 1.29 is 9.59 Å². The molecular formula is C19H28N2O2. The number of carbonyl (C=O) groups excluding carboxylic acids is 2. The molecule has 1 aromatic rings. The SMILES string of the molecule is CCC(C)NC(=O)C(=O)NC(CC)c1ccc2c(c1)CCCC2. The highest BCUT2D eigenvalue weighted by Gasteiger charge is 2.20. The van der Waals surface area contributed by atoms with Crippen LogP contribution in [-0.2, 0) is 22.4 Å². The Balaban J connectivity index is 2.05. The molecule has 2 N–H and O–H groups in total. The van der Waals surface area contributed by atoms with Gasteiger partial charge in [0.05, 0.1) is 6.04 Å². The Labute approximate surface area is 139 Å². The number of hydrogen-bond donors (Lipinski definition) is 2. The number of nitrogens with one attached hydrogen (secondary N) is 2. The molecule has 0 saturated carbocycles. The molecule has 0 spiro atoms. The molecule has 4 nitrogen and oxygen atoms in total. The summed E-state index contributed by atoms with van der Waals surface area (Å²) in [5, 5.41) is 5.58. The van der Waals surface area contributed by atoms with Gasteiger partial charge in [-0.05, 0) is 62.1 Å². The Bertz CT molecular complexity index is 568. The van der Waals surface area contributed by atoms with Crippen molar-refractivity contribution in [1.29, 1.82) is 0 Å². The molecule has 0 aromatic heterocycles. The molecule has 2 amide bonds. The summed E-state index contributed by atoms with van der Waals surface area (Å²) >= 11 is 0. The largest absolute Gasteiger partial charge is 0.345 e. The topological polar surface area (TPSA) is 58.2 Å². The van der Waals surface area contributed by atoms with Gasteiger partial charge in [0, 0.05) is 6.04 Å². The van der Waals surface area contributed by atoms with Crippen LogP contribution in [0.15, 0.2) is 18.2 Å². The van der Waals surface area contributed by atoms with Crippen LogP contribution in [0.2, 0.25) is 0 Å². The van der Waals surface area contributed by atoms with Crippen molar-refractivity contribution >= 4 is 11.8 Å². The summed E-state index contributed by atoms with van der Waals surface area (Å²) in [5.74, 6) is -1.09. The van der Waals surface area contributed by atoms with Crippen LogP contribution in [0.1, 0.15) is 69.2 Å². The standard InChI is InChI=1S/C19H28N2O2/c1-4-13(3)20-18(22)19(23)21-17(5-2)16-11-10-14-8-6-7-9-15(14)12-16/h10-13,17H,4-9H2,1-3H3,(H,20,22)(H,21,23). The Kier molecular flexibility index (Phi) is 6.20. The van der Waals surface area contributed by atoms with Crippen LogP contribution in [0.25, 0.3) is 0 Å². The first-order valence-electron chi connectivity index (χ1n) is 8.78. The zero-order chi connectivity index (χ0) is 16.8. The second-order valence-corrected chi connectivity index (χ2v) is 6.45. The molecule has 1 aromatic carbocycles. The molecule has 0 bridgehead atoms. The van der Waals surface area contributed by atoms with Gasteiger partial charge in [-0.1, -0.05) is 32.0 Å². The fraction of sp³-hybridized carbons (Fsp3) is 0.579. The third-order valence-electron chi connectivity index (χ3n) is 4.68. The number of fused-ring (bicyclic) bond motifs is 1. The summed E-state index contributed by atoms with van der Waals surface area (Å²) in [6, 6.07) is 6.37. The van der Waals surface area contributed by atoms with Gasteiger partial charge in [0.1, 0.15) is 0 Å². The summed E-state index contributed by atoms with van der Waals surface area (Å²) in [4.78, 5) is 24.0. The molecule has 0 heterocycles. The quantitative estimate of drug-likeness (QED) is 0.820. The van der Waals surface area contributed by atoms with Crippen LogP contribution in [0.5, 0.6) is 0 Å². The lowest BCUT2D eigenvalue weighted by molar-refractivity contribution is -0.140. The van der Waals surface area contributed by atoms with Crippen LogP contribution >= 0.6 is 0 Å². The van der Waals surface area contributed by atoms with E-state index in [-0.39, 0.29) is 12.1 Å². The molecule has 2 rings (SSSR count). The lowest BCUT2D eigenvalue weighted by Crippen LogP contribution is -2.44. The normalized spacial score (nSPS) is 16.1.